The van der Waals surface area contributed by atoms with E-state index in [0.29, 0.717) is 6.61 Å². The van der Waals surface area contributed by atoms with Crippen molar-refractivity contribution in [1.29, 1.82) is 0 Å². The standard InChI is InChI=1S/C17H23NO2S/c1-4-13-9-10-21-16(13)12-18-11-14-7-6-8-15(20-5-2)17(14)19-3/h6-10,18H,4-5,11-12H2,1-3H3. The Balaban J connectivity index is 2.01. The molecule has 0 unspecified atom stereocenters. The third-order valence-corrected chi connectivity index (χ3v) is 4.35. The van der Waals surface area contributed by atoms with Gasteiger partial charge in [0.15, 0.2) is 11.5 Å². The molecule has 0 amide bonds. The van der Waals surface area contributed by atoms with Crippen LogP contribution in [0.3, 0.4) is 0 Å². The first-order chi connectivity index (χ1) is 10.3. The molecule has 3 nitrogen and oxygen atoms in total. The van der Waals surface area contributed by atoms with E-state index in [4.69, 9.17) is 9.47 Å². The van der Waals surface area contributed by atoms with Gasteiger partial charge < -0.3 is 14.8 Å². The molecular formula is C17H23NO2S. The smallest absolute Gasteiger partial charge is 0.165 e. The Morgan fingerprint density at radius 1 is 1.10 bits per heavy atom. The highest BCUT2D eigenvalue weighted by Crippen LogP contribution is 2.31. The van der Waals surface area contributed by atoms with Crippen molar-refractivity contribution in [3.05, 3.63) is 45.6 Å². The Hall–Kier alpha value is -1.52. The summed E-state index contributed by atoms with van der Waals surface area (Å²) < 4.78 is 11.1. The second-order valence-corrected chi connectivity index (χ2v) is 5.71. The molecule has 0 radical (unpaired) electrons. The quantitative estimate of drug-likeness (QED) is 0.799. The van der Waals surface area contributed by atoms with Crippen molar-refractivity contribution in [3.63, 3.8) is 0 Å². The van der Waals surface area contributed by atoms with Crippen molar-refractivity contribution >= 4 is 11.3 Å². The van der Waals surface area contributed by atoms with Crippen molar-refractivity contribution in [2.24, 2.45) is 0 Å². The number of benzene rings is 1. The van der Waals surface area contributed by atoms with Gasteiger partial charge in [-0.15, -0.1) is 11.3 Å². The largest absolute Gasteiger partial charge is 0.493 e. The summed E-state index contributed by atoms with van der Waals surface area (Å²) in [6, 6.07) is 8.23. The Kier molecular flexibility index (Phi) is 6.08. The molecule has 1 aromatic carbocycles. The Morgan fingerprint density at radius 3 is 2.67 bits per heavy atom. The van der Waals surface area contributed by atoms with E-state index in [1.165, 1.54) is 10.4 Å². The number of nitrogens with one attached hydrogen (secondary N) is 1. The monoisotopic (exact) mass is 305 g/mol. The Labute approximate surface area is 130 Å². The molecule has 0 fully saturated rings. The molecule has 1 N–H and O–H groups in total. The van der Waals surface area contributed by atoms with Gasteiger partial charge in [-0.05, 0) is 36.4 Å². The minimum absolute atomic E-state index is 0.641. The number of ether oxygens (including phenoxy) is 2. The summed E-state index contributed by atoms with van der Waals surface area (Å²) in [6.07, 6.45) is 1.09. The number of aryl methyl sites for hydroxylation is 1. The van der Waals surface area contributed by atoms with Crippen LogP contribution in [0, 0.1) is 0 Å². The average Bonchev–Trinajstić information content (AvgIpc) is 2.95. The summed E-state index contributed by atoms with van der Waals surface area (Å²) in [6.45, 7) is 6.48. The van der Waals surface area contributed by atoms with Crippen LogP contribution in [0.5, 0.6) is 11.5 Å². The third-order valence-electron chi connectivity index (χ3n) is 3.38. The molecule has 0 saturated heterocycles. The number of rotatable bonds is 8. The van der Waals surface area contributed by atoms with Crippen LogP contribution in [0.15, 0.2) is 29.6 Å². The number of hydrogen-bond acceptors (Lipinski definition) is 4. The van der Waals surface area contributed by atoms with Crippen molar-refractivity contribution in [2.75, 3.05) is 13.7 Å². The van der Waals surface area contributed by atoms with E-state index < -0.39 is 0 Å². The lowest BCUT2D eigenvalue weighted by atomic mass is 10.1. The van der Waals surface area contributed by atoms with E-state index in [-0.39, 0.29) is 0 Å². The lowest BCUT2D eigenvalue weighted by molar-refractivity contribution is 0.308. The van der Waals surface area contributed by atoms with Gasteiger partial charge in [-0.1, -0.05) is 19.1 Å². The van der Waals surface area contributed by atoms with Gasteiger partial charge >= 0.3 is 0 Å². The van der Waals surface area contributed by atoms with E-state index in [1.807, 2.05) is 30.4 Å². The average molecular weight is 305 g/mol. The number of methoxy groups -OCH3 is 1. The van der Waals surface area contributed by atoms with Crippen LogP contribution < -0.4 is 14.8 Å². The molecule has 4 heteroatoms. The maximum atomic E-state index is 5.61. The fourth-order valence-electron chi connectivity index (χ4n) is 2.35. The normalized spacial score (nSPS) is 10.6. The van der Waals surface area contributed by atoms with Crippen LogP contribution in [-0.2, 0) is 19.5 Å². The fraction of sp³-hybridized carbons (Fsp3) is 0.412. The van der Waals surface area contributed by atoms with Crippen LogP contribution in [-0.4, -0.2) is 13.7 Å². The lowest BCUT2D eigenvalue weighted by Gasteiger charge is -2.14. The molecule has 114 valence electrons. The van der Waals surface area contributed by atoms with Gasteiger partial charge in [0.05, 0.1) is 13.7 Å². The summed E-state index contributed by atoms with van der Waals surface area (Å²) in [5.74, 6) is 1.64. The highest BCUT2D eigenvalue weighted by molar-refractivity contribution is 7.10. The van der Waals surface area contributed by atoms with Gasteiger partial charge in [0.1, 0.15) is 0 Å². The summed E-state index contributed by atoms with van der Waals surface area (Å²) >= 11 is 1.81. The SMILES string of the molecule is CCOc1cccc(CNCc2sccc2CC)c1OC. The Bertz CT molecular complexity index is 566. The van der Waals surface area contributed by atoms with Gasteiger partial charge in [0.2, 0.25) is 0 Å². The van der Waals surface area contributed by atoms with Crippen molar-refractivity contribution in [3.8, 4) is 11.5 Å². The third kappa shape index (κ3) is 3.99. The van der Waals surface area contributed by atoms with Gasteiger partial charge in [0, 0.05) is 23.5 Å². The molecule has 2 rings (SSSR count). The van der Waals surface area contributed by atoms with Crippen molar-refractivity contribution < 1.29 is 9.47 Å². The van der Waals surface area contributed by atoms with Crippen LogP contribution >= 0.6 is 11.3 Å². The van der Waals surface area contributed by atoms with Crippen LogP contribution in [0.25, 0.3) is 0 Å². The minimum Gasteiger partial charge on any atom is -0.493 e. The number of para-hydroxylation sites is 1. The van der Waals surface area contributed by atoms with E-state index in [9.17, 15) is 0 Å². The molecule has 0 bridgehead atoms. The first-order valence-electron chi connectivity index (χ1n) is 7.34. The zero-order valence-electron chi connectivity index (χ0n) is 12.9. The lowest BCUT2D eigenvalue weighted by Crippen LogP contribution is -2.13. The first-order valence-corrected chi connectivity index (χ1v) is 8.22. The molecule has 0 aliphatic carbocycles. The summed E-state index contributed by atoms with van der Waals surface area (Å²) in [7, 11) is 1.69. The van der Waals surface area contributed by atoms with Gasteiger partial charge in [-0.3, -0.25) is 0 Å². The maximum Gasteiger partial charge on any atom is 0.165 e. The van der Waals surface area contributed by atoms with Crippen LogP contribution in [0.1, 0.15) is 29.9 Å². The summed E-state index contributed by atoms with van der Waals surface area (Å²) in [5.41, 5.74) is 2.56. The number of thiophene rings is 1. The second-order valence-electron chi connectivity index (χ2n) is 4.71. The first kappa shape index (κ1) is 15.9. The van der Waals surface area contributed by atoms with E-state index in [2.05, 4.69) is 29.8 Å². The highest BCUT2D eigenvalue weighted by Gasteiger charge is 2.10. The maximum absolute atomic E-state index is 5.61. The topological polar surface area (TPSA) is 30.5 Å². The molecule has 0 aliphatic rings. The van der Waals surface area contributed by atoms with Crippen LogP contribution in [0.4, 0.5) is 0 Å². The van der Waals surface area contributed by atoms with E-state index in [1.54, 1.807) is 7.11 Å². The van der Waals surface area contributed by atoms with Gasteiger partial charge in [-0.25, -0.2) is 0 Å². The summed E-state index contributed by atoms with van der Waals surface area (Å²) in [4.78, 5) is 1.41. The zero-order chi connectivity index (χ0) is 15.1. The van der Waals surface area contributed by atoms with Gasteiger partial charge in [0.25, 0.3) is 0 Å². The highest BCUT2D eigenvalue weighted by atomic mass is 32.1. The molecule has 0 saturated carbocycles. The fourth-order valence-corrected chi connectivity index (χ4v) is 3.29. The molecule has 21 heavy (non-hydrogen) atoms. The molecule has 0 aliphatic heterocycles. The van der Waals surface area contributed by atoms with E-state index in [0.717, 1.165) is 36.6 Å². The molecule has 0 spiro atoms. The van der Waals surface area contributed by atoms with Crippen molar-refractivity contribution in [1.82, 2.24) is 5.32 Å². The molecule has 1 aromatic heterocycles. The molecular weight excluding hydrogens is 282 g/mol. The predicted octanol–water partition coefficient (Wildman–Crippen LogP) is 4.01. The predicted molar refractivity (Wildman–Crippen MR) is 88.4 cm³/mol. The minimum atomic E-state index is 0.641. The summed E-state index contributed by atoms with van der Waals surface area (Å²) in [5, 5.41) is 5.66. The molecule has 0 atom stereocenters. The molecule has 2 aromatic rings. The second kappa shape index (κ2) is 8.05. The zero-order valence-corrected chi connectivity index (χ0v) is 13.8. The van der Waals surface area contributed by atoms with E-state index >= 15 is 0 Å². The van der Waals surface area contributed by atoms with Crippen LogP contribution in [0.2, 0.25) is 0 Å². The number of hydrogen-bond donors (Lipinski definition) is 1. The van der Waals surface area contributed by atoms with Crippen molar-refractivity contribution in [2.45, 2.75) is 33.4 Å². The molecule has 1 heterocycles. The van der Waals surface area contributed by atoms with Gasteiger partial charge in [-0.2, -0.15) is 0 Å². The Morgan fingerprint density at radius 2 is 1.95 bits per heavy atom.